The lowest BCUT2D eigenvalue weighted by Crippen LogP contribution is -2.47. The molecule has 0 aliphatic rings. The van der Waals surface area contributed by atoms with Gasteiger partial charge in [-0.2, -0.15) is 13.2 Å². The summed E-state index contributed by atoms with van der Waals surface area (Å²) >= 11 is 0. The molecule has 0 saturated heterocycles. The van der Waals surface area contributed by atoms with Crippen LogP contribution in [0.3, 0.4) is 0 Å². The maximum absolute atomic E-state index is 12.7. The highest BCUT2D eigenvalue weighted by Crippen LogP contribution is 2.25. The topological polar surface area (TPSA) is 32.3 Å². The average molecular weight is 303 g/mol. The zero-order valence-electron chi connectivity index (χ0n) is 12.4. The molecule has 2 N–H and O–H groups in total. The molecule has 1 rings (SSSR count). The first-order chi connectivity index (χ1) is 9.95. The second-order valence-electron chi connectivity index (χ2n) is 5.31. The summed E-state index contributed by atoms with van der Waals surface area (Å²) < 4.78 is 38.1. The molecule has 0 aromatic heterocycles. The summed E-state index contributed by atoms with van der Waals surface area (Å²) in [6.45, 7) is 2.38. The van der Waals surface area contributed by atoms with Gasteiger partial charge in [0.25, 0.3) is 0 Å². The van der Waals surface area contributed by atoms with E-state index in [0.717, 1.165) is 24.8 Å². The Hall–Kier alpha value is -1.07. The van der Waals surface area contributed by atoms with Gasteiger partial charge in [0.15, 0.2) is 6.10 Å². The molecule has 0 aliphatic carbocycles. The van der Waals surface area contributed by atoms with Gasteiger partial charge >= 0.3 is 6.18 Å². The third kappa shape index (κ3) is 6.96. The van der Waals surface area contributed by atoms with Crippen molar-refractivity contribution in [1.82, 2.24) is 5.32 Å². The molecule has 0 saturated carbocycles. The molecule has 0 bridgehead atoms. The Bertz CT molecular complexity index is 381. The highest BCUT2D eigenvalue weighted by atomic mass is 19.4. The summed E-state index contributed by atoms with van der Waals surface area (Å²) in [5.74, 6) is 0. The Kier molecular flexibility index (Phi) is 7.75. The average Bonchev–Trinajstić information content (AvgIpc) is 2.46. The third-order valence-corrected chi connectivity index (χ3v) is 3.50. The standard InChI is InChI=1S/C16H24F3NO/c1-2-3-4-8-11-14(15(21)16(17,18)19)20-12-13-9-6-5-7-10-13/h5-7,9-10,14-15,20-21H,2-4,8,11-12H2,1H3/t14-,15-/m0/s1. The number of nitrogens with one attached hydrogen (secondary N) is 1. The molecule has 1 aromatic rings. The molecule has 5 heteroatoms. The fourth-order valence-electron chi connectivity index (χ4n) is 2.24. The molecule has 0 unspecified atom stereocenters. The summed E-state index contributed by atoms with van der Waals surface area (Å²) in [5, 5.41) is 12.3. The molecule has 0 radical (unpaired) electrons. The molecule has 0 spiro atoms. The van der Waals surface area contributed by atoms with Crippen molar-refractivity contribution in [3.8, 4) is 0 Å². The summed E-state index contributed by atoms with van der Waals surface area (Å²) in [5.41, 5.74) is 0.908. The highest BCUT2D eigenvalue weighted by Gasteiger charge is 2.42. The summed E-state index contributed by atoms with van der Waals surface area (Å²) in [4.78, 5) is 0. The van der Waals surface area contributed by atoms with Gasteiger partial charge in [0.05, 0.1) is 0 Å². The number of halogens is 3. The van der Waals surface area contributed by atoms with Gasteiger partial charge in [-0.15, -0.1) is 0 Å². The molecule has 1 aromatic carbocycles. The molecule has 2 nitrogen and oxygen atoms in total. The van der Waals surface area contributed by atoms with Crippen LogP contribution in [-0.4, -0.2) is 23.4 Å². The van der Waals surface area contributed by atoms with E-state index in [-0.39, 0.29) is 0 Å². The van der Waals surface area contributed by atoms with Crippen LogP contribution in [-0.2, 0) is 6.54 Å². The van der Waals surface area contributed by atoms with Gasteiger partial charge in [0, 0.05) is 12.6 Å². The van der Waals surface area contributed by atoms with Gasteiger partial charge in [-0.25, -0.2) is 0 Å². The fraction of sp³-hybridized carbons (Fsp3) is 0.625. The van der Waals surface area contributed by atoms with E-state index < -0.39 is 18.3 Å². The number of benzene rings is 1. The maximum atomic E-state index is 12.7. The first-order valence-electron chi connectivity index (χ1n) is 7.47. The SMILES string of the molecule is CCCCCC[C@H](NCc1ccccc1)[C@H](O)C(F)(F)F. The van der Waals surface area contributed by atoms with Crippen molar-refractivity contribution in [2.45, 2.75) is 63.9 Å². The monoisotopic (exact) mass is 303 g/mol. The lowest BCUT2D eigenvalue weighted by molar-refractivity contribution is -0.213. The molecule has 0 amide bonds. The number of hydrogen-bond acceptors (Lipinski definition) is 2. The minimum Gasteiger partial charge on any atom is -0.382 e. The molecular weight excluding hydrogens is 279 g/mol. The van der Waals surface area contributed by atoms with E-state index in [1.54, 1.807) is 0 Å². The van der Waals surface area contributed by atoms with Gasteiger partial charge in [-0.3, -0.25) is 0 Å². The van der Waals surface area contributed by atoms with Crippen molar-refractivity contribution >= 4 is 0 Å². The lowest BCUT2D eigenvalue weighted by atomic mass is 10.0. The van der Waals surface area contributed by atoms with Gasteiger partial charge in [-0.05, 0) is 12.0 Å². The second kappa shape index (κ2) is 9.05. The summed E-state index contributed by atoms with van der Waals surface area (Å²) in [6, 6.07) is 8.28. The number of rotatable bonds is 9. The van der Waals surface area contributed by atoms with E-state index in [2.05, 4.69) is 12.2 Å². The van der Waals surface area contributed by atoms with E-state index in [0.29, 0.717) is 19.4 Å². The first-order valence-corrected chi connectivity index (χ1v) is 7.47. The number of hydrogen-bond donors (Lipinski definition) is 2. The Labute approximate surface area is 124 Å². The minimum absolute atomic E-state index is 0.326. The van der Waals surface area contributed by atoms with E-state index in [1.807, 2.05) is 30.3 Å². The third-order valence-electron chi connectivity index (χ3n) is 3.50. The van der Waals surface area contributed by atoms with Crippen LogP contribution in [0.25, 0.3) is 0 Å². The van der Waals surface area contributed by atoms with Gasteiger partial charge < -0.3 is 10.4 Å². The molecular formula is C16H24F3NO. The first kappa shape index (κ1) is 18.0. The van der Waals surface area contributed by atoms with Crippen LogP contribution < -0.4 is 5.32 Å². The zero-order chi connectivity index (χ0) is 15.7. The summed E-state index contributed by atoms with van der Waals surface area (Å²) in [6.07, 6.45) is -2.95. The maximum Gasteiger partial charge on any atom is 0.415 e. The van der Waals surface area contributed by atoms with Crippen LogP contribution in [0.5, 0.6) is 0 Å². The molecule has 2 atom stereocenters. The number of aliphatic hydroxyl groups excluding tert-OH is 1. The predicted octanol–water partition coefficient (Wildman–Crippen LogP) is 4.04. The Morgan fingerprint density at radius 1 is 1.10 bits per heavy atom. The van der Waals surface area contributed by atoms with Crippen LogP contribution in [0, 0.1) is 0 Å². The zero-order valence-corrected chi connectivity index (χ0v) is 12.4. The Morgan fingerprint density at radius 2 is 1.76 bits per heavy atom. The minimum atomic E-state index is -4.58. The molecule has 120 valence electrons. The van der Waals surface area contributed by atoms with Gasteiger partial charge in [0.2, 0.25) is 0 Å². The number of alkyl halides is 3. The van der Waals surface area contributed by atoms with Crippen molar-refractivity contribution in [2.24, 2.45) is 0 Å². The van der Waals surface area contributed by atoms with Crippen LogP contribution in [0.4, 0.5) is 13.2 Å². The van der Waals surface area contributed by atoms with Gasteiger partial charge in [-0.1, -0.05) is 62.9 Å². The predicted molar refractivity (Wildman–Crippen MR) is 77.9 cm³/mol. The van der Waals surface area contributed by atoms with Crippen LogP contribution in [0.2, 0.25) is 0 Å². The molecule has 0 fully saturated rings. The molecule has 0 heterocycles. The van der Waals surface area contributed by atoms with E-state index in [1.165, 1.54) is 0 Å². The van der Waals surface area contributed by atoms with E-state index >= 15 is 0 Å². The smallest absolute Gasteiger partial charge is 0.382 e. The van der Waals surface area contributed by atoms with Crippen molar-refractivity contribution in [2.75, 3.05) is 0 Å². The van der Waals surface area contributed by atoms with Crippen molar-refractivity contribution < 1.29 is 18.3 Å². The van der Waals surface area contributed by atoms with Crippen LogP contribution in [0.15, 0.2) is 30.3 Å². The van der Waals surface area contributed by atoms with Crippen molar-refractivity contribution in [3.63, 3.8) is 0 Å². The number of aliphatic hydroxyl groups is 1. The quantitative estimate of drug-likeness (QED) is 0.675. The molecule has 0 aliphatic heterocycles. The second-order valence-corrected chi connectivity index (χ2v) is 5.31. The normalized spacial score (nSPS) is 14.9. The lowest BCUT2D eigenvalue weighted by Gasteiger charge is -2.26. The van der Waals surface area contributed by atoms with E-state index in [4.69, 9.17) is 0 Å². The molecule has 21 heavy (non-hydrogen) atoms. The summed E-state index contributed by atoms with van der Waals surface area (Å²) in [7, 11) is 0. The van der Waals surface area contributed by atoms with Crippen LogP contribution >= 0.6 is 0 Å². The Balaban J connectivity index is 2.54. The van der Waals surface area contributed by atoms with Crippen molar-refractivity contribution in [1.29, 1.82) is 0 Å². The van der Waals surface area contributed by atoms with Crippen LogP contribution in [0.1, 0.15) is 44.6 Å². The van der Waals surface area contributed by atoms with E-state index in [9.17, 15) is 18.3 Å². The Morgan fingerprint density at radius 3 is 2.33 bits per heavy atom. The van der Waals surface area contributed by atoms with Crippen molar-refractivity contribution in [3.05, 3.63) is 35.9 Å². The fourth-order valence-corrected chi connectivity index (χ4v) is 2.24. The largest absolute Gasteiger partial charge is 0.415 e. The number of unbranched alkanes of at least 4 members (excludes halogenated alkanes) is 3. The highest BCUT2D eigenvalue weighted by molar-refractivity contribution is 5.14. The van der Waals surface area contributed by atoms with Gasteiger partial charge in [0.1, 0.15) is 0 Å².